The van der Waals surface area contributed by atoms with Crippen LogP contribution in [-0.2, 0) is 19.3 Å². The molecule has 1 aliphatic heterocycles. The second kappa shape index (κ2) is 14.0. The van der Waals surface area contributed by atoms with Crippen LogP contribution in [0.5, 0.6) is 0 Å². The number of sulfone groups is 1. The van der Waals surface area contributed by atoms with Crippen molar-refractivity contribution < 1.29 is 17.9 Å². The Balaban J connectivity index is 0.00000529. The van der Waals surface area contributed by atoms with Crippen molar-refractivity contribution in [3.05, 3.63) is 0 Å². The summed E-state index contributed by atoms with van der Waals surface area (Å²) in [5, 5.41) is 6.36. The molecule has 0 saturated carbocycles. The normalized spacial score (nSPS) is 16.5. The number of nitrogens with zero attached hydrogens (tertiary/aromatic N) is 2. The molecule has 2 N–H and O–H groups in total. The van der Waals surface area contributed by atoms with Crippen LogP contribution in [0.1, 0.15) is 6.92 Å². The zero-order chi connectivity index (χ0) is 17.0. The Bertz CT molecular complexity index is 442. The van der Waals surface area contributed by atoms with Gasteiger partial charge in [-0.1, -0.05) is 0 Å². The molecule has 0 aromatic heterocycles. The van der Waals surface area contributed by atoms with Crippen LogP contribution < -0.4 is 10.6 Å². The molecule has 144 valence electrons. The van der Waals surface area contributed by atoms with Gasteiger partial charge in [-0.25, -0.2) is 8.42 Å². The lowest BCUT2D eigenvalue weighted by Gasteiger charge is -2.25. The van der Waals surface area contributed by atoms with Gasteiger partial charge in [0.05, 0.1) is 38.7 Å². The fourth-order valence-corrected chi connectivity index (χ4v) is 2.44. The minimum absolute atomic E-state index is 0. The van der Waals surface area contributed by atoms with E-state index >= 15 is 0 Å². The van der Waals surface area contributed by atoms with Crippen LogP contribution >= 0.6 is 24.0 Å². The third-order valence-corrected chi connectivity index (χ3v) is 4.18. The highest BCUT2D eigenvalue weighted by atomic mass is 127. The van der Waals surface area contributed by atoms with E-state index in [4.69, 9.17) is 9.47 Å². The summed E-state index contributed by atoms with van der Waals surface area (Å²) in [6, 6.07) is 0. The van der Waals surface area contributed by atoms with E-state index in [0.29, 0.717) is 13.2 Å². The third-order valence-electron chi connectivity index (χ3n) is 3.27. The van der Waals surface area contributed by atoms with E-state index < -0.39 is 9.84 Å². The minimum Gasteiger partial charge on any atom is -0.379 e. The largest absolute Gasteiger partial charge is 0.379 e. The molecule has 1 aliphatic rings. The molecule has 0 bridgehead atoms. The quantitative estimate of drug-likeness (QED) is 0.190. The summed E-state index contributed by atoms with van der Waals surface area (Å²) in [7, 11) is -2.95. The summed E-state index contributed by atoms with van der Waals surface area (Å²) in [5.74, 6) is 0.813. The first-order valence-electron chi connectivity index (χ1n) is 8.09. The van der Waals surface area contributed by atoms with Crippen molar-refractivity contribution in [2.75, 3.05) is 77.7 Å². The van der Waals surface area contributed by atoms with Gasteiger partial charge in [-0.2, -0.15) is 0 Å². The molecule has 0 amide bonds. The lowest BCUT2D eigenvalue weighted by molar-refractivity contribution is 0.0394. The van der Waals surface area contributed by atoms with Crippen molar-refractivity contribution in [3.8, 4) is 0 Å². The molecule has 24 heavy (non-hydrogen) atoms. The molecule has 10 heteroatoms. The van der Waals surface area contributed by atoms with Gasteiger partial charge in [-0.15, -0.1) is 24.0 Å². The van der Waals surface area contributed by atoms with E-state index in [1.54, 1.807) is 0 Å². The SMILES string of the molecule is CCNC(=NCCN1CCOCC1)NCCOCCS(C)(=O)=O.I. The van der Waals surface area contributed by atoms with Crippen molar-refractivity contribution >= 4 is 39.8 Å². The van der Waals surface area contributed by atoms with Gasteiger partial charge in [0.25, 0.3) is 0 Å². The Morgan fingerprint density at radius 1 is 1.25 bits per heavy atom. The lowest BCUT2D eigenvalue weighted by atomic mass is 10.4. The van der Waals surface area contributed by atoms with Crippen molar-refractivity contribution in [1.82, 2.24) is 15.5 Å². The highest BCUT2D eigenvalue weighted by Gasteiger charge is 2.09. The van der Waals surface area contributed by atoms with E-state index in [1.165, 1.54) is 6.26 Å². The number of guanidine groups is 1. The molecule has 0 aromatic carbocycles. The van der Waals surface area contributed by atoms with E-state index in [0.717, 1.165) is 51.9 Å². The Morgan fingerprint density at radius 2 is 1.96 bits per heavy atom. The summed E-state index contributed by atoms with van der Waals surface area (Å²) in [6.07, 6.45) is 1.21. The first kappa shape index (κ1) is 23.8. The summed E-state index contributed by atoms with van der Waals surface area (Å²) < 4.78 is 32.5. The monoisotopic (exact) mass is 478 g/mol. The van der Waals surface area contributed by atoms with Gasteiger partial charge in [-0.3, -0.25) is 9.89 Å². The molecule has 0 unspecified atom stereocenters. The van der Waals surface area contributed by atoms with Gasteiger partial charge < -0.3 is 20.1 Å². The Hall–Kier alpha value is -0.170. The van der Waals surface area contributed by atoms with Crippen LogP contribution in [0, 0.1) is 0 Å². The fraction of sp³-hybridized carbons (Fsp3) is 0.929. The van der Waals surface area contributed by atoms with Gasteiger partial charge in [0.1, 0.15) is 9.84 Å². The van der Waals surface area contributed by atoms with Crippen LogP contribution in [0.4, 0.5) is 0 Å². The molecule has 0 radical (unpaired) electrons. The van der Waals surface area contributed by atoms with Gasteiger partial charge in [0, 0.05) is 39.0 Å². The number of nitrogens with one attached hydrogen (secondary N) is 2. The molecule has 0 aliphatic carbocycles. The summed E-state index contributed by atoms with van der Waals surface area (Å²) in [6.45, 7) is 9.25. The van der Waals surface area contributed by atoms with Gasteiger partial charge >= 0.3 is 0 Å². The van der Waals surface area contributed by atoms with E-state index in [-0.39, 0.29) is 36.3 Å². The van der Waals surface area contributed by atoms with Crippen molar-refractivity contribution in [2.45, 2.75) is 6.92 Å². The molecular formula is C14H31IN4O4S. The van der Waals surface area contributed by atoms with Crippen molar-refractivity contribution in [2.24, 2.45) is 4.99 Å². The van der Waals surface area contributed by atoms with E-state index in [2.05, 4.69) is 20.5 Å². The second-order valence-corrected chi connectivity index (χ2v) is 7.64. The fourth-order valence-electron chi connectivity index (χ4n) is 2.02. The van der Waals surface area contributed by atoms with Crippen molar-refractivity contribution in [1.29, 1.82) is 0 Å². The number of hydrogen-bond acceptors (Lipinski definition) is 6. The second-order valence-electron chi connectivity index (χ2n) is 5.38. The average Bonchev–Trinajstić information content (AvgIpc) is 2.50. The van der Waals surface area contributed by atoms with Crippen LogP contribution in [0.2, 0.25) is 0 Å². The molecule has 0 spiro atoms. The number of halogens is 1. The minimum atomic E-state index is -2.95. The Labute approximate surface area is 162 Å². The highest BCUT2D eigenvalue weighted by Crippen LogP contribution is 1.95. The standard InChI is InChI=1S/C14H30N4O4S.HI/c1-3-15-14(16-4-6-18-7-10-22-11-8-18)17-5-9-21-12-13-23(2,19)20;/h3-13H2,1-2H3,(H2,15,16,17);1H. The number of aliphatic imine (C=N–C) groups is 1. The lowest BCUT2D eigenvalue weighted by Crippen LogP contribution is -2.41. The maximum Gasteiger partial charge on any atom is 0.191 e. The predicted molar refractivity (Wildman–Crippen MR) is 107 cm³/mol. The smallest absolute Gasteiger partial charge is 0.191 e. The Morgan fingerprint density at radius 3 is 2.58 bits per heavy atom. The van der Waals surface area contributed by atoms with Crippen LogP contribution in [0.3, 0.4) is 0 Å². The zero-order valence-electron chi connectivity index (χ0n) is 14.6. The highest BCUT2D eigenvalue weighted by molar-refractivity contribution is 14.0. The van der Waals surface area contributed by atoms with Crippen LogP contribution in [-0.4, -0.2) is 97.0 Å². The Kier molecular flexibility index (Phi) is 13.9. The maximum absolute atomic E-state index is 11.0. The van der Waals surface area contributed by atoms with Gasteiger partial charge in [0.15, 0.2) is 5.96 Å². The topological polar surface area (TPSA) is 92.3 Å². The summed E-state index contributed by atoms with van der Waals surface area (Å²) in [4.78, 5) is 6.86. The van der Waals surface area contributed by atoms with Gasteiger partial charge in [0.2, 0.25) is 0 Å². The van der Waals surface area contributed by atoms with E-state index in [1.807, 2.05) is 6.92 Å². The van der Waals surface area contributed by atoms with Crippen molar-refractivity contribution in [3.63, 3.8) is 0 Å². The summed E-state index contributed by atoms with van der Waals surface area (Å²) in [5.41, 5.74) is 0. The molecule has 1 heterocycles. The average molecular weight is 478 g/mol. The third kappa shape index (κ3) is 13.2. The molecule has 8 nitrogen and oxygen atoms in total. The van der Waals surface area contributed by atoms with Gasteiger partial charge in [-0.05, 0) is 6.92 Å². The number of hydrogen-bond donors (Lipinski definition) is 2. The predicted octanol–water partition coefficient (Wildman–Crippen LogP) is -0.447. The molecule has 0 aromatic rings. The number of morpholine rings is 1. The van der Waals surface area contributed by atoms with Crippen LogP contribution in [0.15, 0.2) is 4.99 Å². The first-order valence-corrected chi connectivity index (χ1v) is 10.1. The number of rotatable bonds is 10. The molecule has 1 rings (SSSR count). The van der Waals surface area contributed by atoms with E-state index in [9.17, 15) is 8.42 Å². The number of ether oxygens (including phenoxy) is 2. The molecule has 1 fully saturated rings. The summed E-state index contributed by atoms with van der Waals surface area (Å²) >= 11 is 0. The maximum atomic E-state index is 11.0. The first-order chi connectivity index (χ1) is 11.0. The molecule has 1 saturated heterocycles. The van der Waals surface area contributed by atoms with Crippen LogP contribution in [0.25, 0.3) is 0 Å². The zero-order valence-corrected chi connectivity index (χ0v) is 17.8. The molecular weight excluding hydrogens is 447 g/mol. The molecule has 0 atom stereocenters.